The van der Waals surface area contributed by atoms with Crippen molar-refractivity contribution in [2.24, 2.45) is 0 Å². The summed E-state index contributed by atoms with van der Waals surface area (Å²) in [5.74, 6) is -0.893. The molecule has 7 heteroatoms. The highest BCUT2D eigenvalue weighted by atomic mass is 16.4. The molecule has 1 aromatic carbocycles. The van der Waals surface area contributed by atoms with Crippen LogP contribution in [-0.4, -0.2) is 11.8 Å². The van der Waals surface area contributed by atoms with Crippen LogP contribution >= 0.6 is 0 Å². The molecule has 0 aliphatic rings. The Morgan fingerprint density at radius 1 is 1.00 bits per heavy atom. The monoisotopic (exact) mass is 312 g/mol. The molecule has 7 nitrogen and oxygen atoms in total. The van der Waals surface area contributed by atoms with Crippen LogP contribution in [0.1, 0.15) is 26.5 Å². The molecule has 23 heavy (non-hydrogen) atoms. The van der Waals surface area contributed by atoms with E-state index in [9.17, 15) is 14.4 Å². The molecule has 2 aromatic heterocycles. The number of benzene rings is 1. The maximum absolute atomic E-state index is 12.1. The van der Waals surface area contributed by atoms with Gasteiger partial charge >= 0.3 is 5.63 Å². The Kier molecular flexibility index (Phi) is 3.68. The van der Waals surface area contributed by atoms with Crippen molar-refractivity contribution in [2.75, 3.05) is 0 Å². The minimum absolute atomic E-state index is 0.201. The van der Waals surface area contributed by atoms with Crippen LogP contribution in [0.2, 0.25) is 0 Å². The lowest BCUT2D eigenvalue weighted by molar-refractivity contribution is 0.0843. The Morgan fingerprint density at radius 3 is 2.39 bits per heavy atom. The lowest BCUT2D eigenvalue weighted by Crippen LogP contribution is -2.43. The van der Waals surface area contributed by atoms with Gasteiger partial charge in [-0.2, -0.15) is 0 Å². The van der Waals surface area contributed by atoms with Crippen molar-refractivity contribution >= 4 is 22.8 Å². The summed E-state index contributed by atoms with van der Waals surface area (Å²) in [6, 6.07) is 9.70. The number of hydrogen-bond acceptors (Lipinski definition) is 5. The summed E-state index contributed by atoms with van der Waals surface area (Å²) >= 11 is 0. The van der Waals surface area contributed by atoms with Gasteiger partial charge in [-0.05, 0) is 25.1 Å². The number of carbonyl (C=O) groups excluding carboxylic acids is 2. The molecule has 2 amide bonds. The minimum atomic E-state index is -0.782. The van der Waals surface area contributed by atoms with Gasteiger partial charge in [0, 0.05) is 5.39 Å². The van der Waals surface area contributed by atoms with Crippen LogP contribution in [0.5, 0.6) is 0 Å². The van der Waals surface area contributed by atoms with Crippen LogP contribution in [0.3, 0.4) is 0 Å². The third-order valence-corrected chi connectivity index (χ3v) is 3.28. The molecule has 0 saturated heterocycles. The van der Waals surface area contributed by atoms with E-state index in [2.05, 4.69) is 10.9 Å². The van der Waals surface area contributed by atoms with E-state index in [0.29, 0.717) is 16.7 Å². The molecule has 0 aliphatic heterocycles. The summed E-state index contributed by atoms with van der Waals surface area (Å²) in [6.45, 7) is 1.62. The number of aryl methyl sites for hydroxylation is 1. The molecule has 3 aromatic rings. The van der Waals surface area contributed by atoms with Gasteiger partial charge in [0.15, 0.2) is 0 Å². The van der Waals surface area contributed by atoms with Gasteiger partial charge in [-0.15, -0.1) is 0 Å². The predicted molar refractivity (Wildman–Crippen MR) is 80.9 cm³/mol. The molecule has 0 atom stereocenters. The lowest BCUT2D eigenvalue weighted by Gasteiger charge is -2.06. The van der Waals surface area contributed by atoms with Crippen LogP contribution in [0, 0.1) is 6.92 Å². The van der Waals surface area contributed by atoms with Crippen molar-refractivity contribution < 1.29 is 18.4 Å². The van der Waals surface area contributed by atoms with Gasteiger partial charge < -0.3 is 8.83 Å². The normalized spacial score (nSPS) is 10.5. The molecular weight excluding hydrogens is 300 g/mol. The van der Waals surface area contributed by atoms with Crippen LogP contribution < -0.4 is 16.5 Å². The number of furan rings is 1. The fourth-order valence-electron chi connectivity index (χ4n) is 2.09. The summed E-state index contributed by atoms with van der Waals surface area (Å²) in [4.78, 5) is 35.8. The Labute approximate surface area is 129 Å². The third kappa shape index (κ3) is 2.84. The standard InChI is InChI=1S/C16H12N2O5/c1-9-11(6-7-22-9)14(19)17-18-15(20)12-8-10-4-2-3-5-13(10)23-16(12)21/h2-8H,1H3,(H,17,19)(H,18,20). The zero-order chi connectivity index (χ0) is 16.4. The number of carbonyl (C=O) groups is 2. The maximum atomic E-state index is 12.1. The number of hydrogen-bond donors (Lipinski definition) is 2. The fraction of sp³-hybridized carbons (Fsp3) is 0.0625. The average Bonchev–Trinajstić information content (AvgIpc) is 2.97. The van der Waals surface area contributed by atoms with Gasteiger partial charge in [0.2, 0.25) is 0 Å². The zero-order valence-electron chi connectivity index (χ0n) is 12.1. The van der Waals surface area contributed by atoms with Crippen molar-refractivity contribution in [1.82, 2.24) is 10.9 Å². The van der Waals surface area contributed by atoms with Crippen LogP contribution in [0.4, 0.5) is 0 Å². The Balaban J connectivity index is 1.78. The summed E-state index contributed by atoms with van der Waals surface area (Å²) in [5, 5.41) is 0.606. The van der Waals surface area contributed by atoms with Crippen LogP contribution in [0.25, 0.3) is 11.0 Å². The highest BCUT2D eigenvalue weighted by molar-refractivity contribution is 6.00. The molecule has 0 aliphatic carbocycles. The molecular formula is C16H12N2O5. The van der Waals surface area contributed by atoms with Crippen molar-refractivity contribution in [3.63, 3.8) is 0 Å². The van der Waals surface area contributed by atoms with E-state index >= 15 is 0 Å². The highest BCUT2D eigenvalue weighted by Crippen LogP contribution is 2.12. The number of amides is 2. The molecule has 0 unspecified atom stereocenters. The largest absolute Gasteiger partial charge is 0.469 e. The smallest absolute Gasteiger partial charge is 0.349 e. The quantitative estimate of drug-likeness (QED) is 0.554. The average molecular weight is 312 g/mol. The Hall–Kier alpha value is -3.35. The molecule has 2 N–H and O–H groups in total. The topological polar surface area (TPSA) is 102 Å². The third-order valence-electron chi connectivity index (χ3n) is 3.28. The molecule has 2 heterocycles. The minimum Gasteiger partial charge on any atom is -0.469 e. The summed E-state index contributed by atoms with van der Waals surface area (Å²) in [7, 11) is 0. The van der Waals surface area contributed by atoms with Crippen molar-refractivity contribution in [2.45, 2.75) is 6.92 Å². The first-order valence-electron chi connectivity index (χ1n) is 6.74. The molecule has 3 rings (SSSR count). The van der Waals surface area contributed by atoms with E-state index in [4.69, 9.17) is 8.83 Å². The van der Waals surface area contributed by atoms with Gasteiger partial charge in [-0.25, -0.2) is 4.79 Å². The van der Waals surface area contributed by atoms with Gasteiger partial charge in [-0.3, -0.25) is 20.4 Å². The van der Waals surface area contributed by atoms with Crippen molar-refractivity contribution in [3.8, 4) is 0 Å². The second-order valence-corrected chi connectivity index (χ2v) is 4.78. The fourth-order valence-corrected chi connectivity index (χ4v) is 2.09. The molecule has 0 saturated carbocycles. The number of para-hydroxylation sites is 1. The number of rotatable bonds is 2. The molecule has 0 radical (unpaired) electrons. The predicted octanol–water partition coefficient (Wildman–Crippen LogP) is 1.77. The SMILES string of the molecule is Cc1occc1C(=O)NNC(=O)c1cc2ccccc2oc1=O. The first-order chi connectivity index (χ1) is 11.1. The number of fused-ring (bicyclic) bond motifs is 1. The second-order valence-electron chi connectivity index (χ2n) is 4.78. The second kappa shape index (κ2) is 5.80. The van der Waals surface area contributed by atoms with Crippen LogP contribution in [-0.2, 0) is 0 Å². The van der Waals surface area contributed by atoms with E-state index < -0.39 is 17.4 Å². The molecule has 0 bridgehead atoms. The molecule has 0 spiro atoms. The van der Waals surface area contributed by atoms with Gasteiger partial charge in [-0.1, -0.05) is 18.2 Å². The number of hydrazine groups is 1. The summed E-state index contributed by atoms with van der Waals surface area (Å²) < 4.78 is 10.1. The van der Waals surface area contributed by atoms with Crippen molar-refractivity contribution in [1.29, 1.82) is 0 Å². The van der Waals surface area contributed by atoms with Crippen LogP contribution in [0.15, 0.2) is 56.3 Å². The Bertz CT molecular complexity index is 954. The van der Waals surface area contributed by atoms with E-state index in [1.54, 1.807) is 31.2 Å². The van der Waals surface area contributed by atoms with E-state index in [-0.39, 0.29) is 11.1 Å². The first kappa shape index (κ1) is 14.6. The van der Waals surface area contributed by atoms with Gasteiger partial charge in [0.1, 0.15) is 16.9 Å². The molecule has 0 fully saturated rings. The van der Waals surface area contributed by atoms with E-state index in [0.717, 1.165) is 0 Å². The van der Waals surface area contributed by atoms with E-state index in [1.807, 2.05) is 0 Å². The Morgan fingerprint density at radius 2 is 1.70 bits per heavy atom. The summed E-state index contributed by atoms with van der Waals surface area (Å²) in [5.41, 5.74) is 4.09. The maximum Gasteiger partial charge on any atom is 0.349 e. The van der Waals surface area contributed by atoms with E-state index in [1.165, 1.54) is 18.4 Å². The molecule has 116 valence electrons. The van der Waals surface area contributed by atoms with Crippen molar-refractivity contribution in [3.05, 3.63) is 70.0 Å². The lowest BCUT2D eigenvalue weighted by atomic mass is 10.2. The van der Waals surface area contributed by atoms with Gasteiger partial charge in [0.05, 0.1) is 11.8 Å². The van der Waals surface area contributed by atoms with Gasteiger partial charge in [0.25, 0.3) is 11.8 Å². The first-order valence-corrected chi connectivity index (χ1v) is 6.74. The summed E-state index contributed by atoms with van der Waals surface area (Å²) in [6.07, 6.45) is 1.37. The number of nitrogens with one attached hydrogen (secondary N) is 2. The highest BCUT2D eigenvalue weighted by Gasteiger charge is 2.16. The zero-order valence-corrected chi connectivity index (χ0v) is 12.1.